The molecule has 0 aliphatic heterocycles. The Kier molecular flexibility index (Phi) is 5.19. The van der Waals surface area contributed by atoms with Crippen molar-refractivity contribution in [2.45, 2.75) is 13.0 Å². The van der Waals surface area contributed by atoms with E-state index < -0.39 is 11.9 Å². The number of carbonyl (C=O) groups excluding carboxylic acids is 2. The number of hydrogen-bond acceptors (Lipinski definition) is 5. The van der Waals surface area contributed by atoms with E-state index in [9.17, 15) is 9.59 Å². The van der Waals surface area contributed by atoms with Gasteiger partial charge in [0.25, 0.3) is 5.91 Å². The fourth-order valence-electron chi connectivity index (χ4n) is 1.91. The molecule has 1 heterocycles. The summed E-state index contributed by atoms with van der Waals surface area (Å²) in [4.78, 5) is 23.7. The number of carbonyl (C=O) groups is 2. The van der Waals surface area contributed by atoms with E-state index in [0.717, 1.165) is 0 Å². The van der Waals surface area contributed by atoms with Gasteiger partial charge in [0.15, 0.2) is 6.61 Å². The zero-order valence-electron chi connectivity index (χ0n) is 12.4. The van der Waals surface area contributed by atoms with Crippen LogP contribution in [0.15, 0.2) is 47.1 Å². The minimum absolute atomic E-state index is 0.275. The van der Waals surface area contributed by atoms with Crippen molar-refractivity contribution >= 4 is 11.9 Å². The van der Waals surface area contributed by atoms with Gasteiger partial charge in [0.2, 0.25) is 0 Å². The van der Waals surface area contributed by atoms with Gasteiger partial charge >= 0.3 is 5.97 Å². The van der Waals surface area contributed by atoms with Crippen LogP contribution < -0.4 is 10.1 Å². The Morgan fingerprint density at radius 1 is 1.23 bits per heavy atom. The van der Waals surface area contributed by atoms with Crippen molar-refractivity contribution in [3.8, 4) is 5.75 Å². The molecule has 1 amide bonds. The lowest BCUT2D eigenvalue weighted by Gasteiger charge is -2.12. The van der Waals surface area contributed by atoms with E-state index in [1.54, 1.807) is 43.3 Å². The van der Waals surface area contributed by atoms with Crippen molar-refractivity contribution in [2.75, 3.05) is 13.7 Å². The maximum atomic E-state index is 11.9. The number of hydrogen-bond donors (Lipinski definition) is 1. The van der Waals surface area contributed by atoms with Gasteiger partial charge in [-0.3, -0.25) is 4.79 Å². The van der Waals surface area contributed by atoms with E-state index in [2.05, 4.69) is 5.32 Å². The summed E-state index contributed by atoms with van der Waals surface area (Å²) in [6.07, 6.45) is 1.53. The van der Waals surface area contributed by atoms with Gasteiger partial charge in [-0.05, 0) is 31.2 Å². The molecule has 2 aromatic rings. The number of amides is 1. The minimum Gasteiger partial charge on any atom is -0.496 e. The van der Waals surface area contributed by atoms with Crippen LogP contribution in [0.2, 0.25) is 0 Å². The van der Waals surface area contributed by atoms with Gasteiger partial charge in [-0.25, -0.2) is 4.79 Å². The highest BCUT2D eigenvalue weighted by Gasteiger charge is 2.16. The molecule has 0 radical (unpaired) electrons. The molecule has 0 unspecified atom stereocenters. The Morgan fingerprint density at radius 2 is 2.00 bits per heavy atom. The van der Waals surface area contributed by atoms with Crippen LogP contribution in [0, 0.1) is 0 Å². The molecule has 0 aliphatic carbocycles. The van der Waals surface area contributed by atoms with Gasteiger partial charge < -0.3 is 19.2 Å². The largest absolute Gasteiger partial charge is 0.496 e. The fraction of sp³-hybridized carbons (Fsp3) is 0.250. The van der Waals surface area contributed by atoms with Crippen LogP contribution in [0.1, 0.15) is 29.1 Å². The summed E-state index contributed by atoms with van der Waals surface area (Å²) in [5, 5.41) is 2.68. The molecule has 0 bridgehead atoms. The number of rotatable bonds is 6. The standard InChI is InChI=1S/C16H17NO5/c1-11(13-8-5-9-21-13)17-15(18)10-22-16(19)12-6-3-4-7-14(12)20-2/h3-9,11H,10H2,1-2H3,(H,17,18)/t11-/m1/s1. The summed E-state index contributed by atoms with van der Waals surface area (Å²) in [6.45, 7) is 1.40. The second-order valence-corrected chi connectivity index (χ2v) is 4.58. The molecule has 1 N–H and O–H groups in total. The van der Waals surface area contributed by atoms with Crippen LogP contribution in [-0.4, -0.2) is 25.6 Å². The van der Waals surface area contributed by atoms with Gasteiger partial charge in [0.05, 0.1) is 19.4 Å². The smallest absolute Gasteiger partial charge is 0.342 e. The molecule has 0 spiro atoms. The third-order valence-electron chi connectivity index (χ3n) is 3.01. The van der Waals surface area contributed by atoms with Crippen molar-refractivity contribution in [1.29, 1.82) is 0 Å². The Balaban J connectivity index is 1.87. The van der Waals surface area contributed by atoms with Crippen molar-refractivity contribution in [3.05, 3.63) is 54.0 Å². The molecule has 2 rings (SSSR count). The van der Waals surface area contributed by atoms with E-state index in [0.29, 0.717) is 11.5 Å². The summed E-state index contributed by atoms with van der Waals surface area (Å²) >= 11 is 0. The van der Waals surface area contributed by atoms with E-state index in [4.69, 9.17) is 13.9 Å². The Bertz CT molecular complexity index is 636. The predicted molar refractivity (Wildman–Crippen MR) is 78.5 cm³/mol. The quantitative estimate of drug-likeness (QED) is 0.829. The van der Waals surface area contributed by atoms with Crippen LogP contribution in [0.5, 0.6) is 5.75 Å². The first-order valence-corrected chi connectivity index (χ1v) is 6.74. The van der Waals surface area contributed by atoms with Crippen molar-refractivity contribution in [3.63, 3.8) is 0 Å². The van der Waals surface area contributed by atoms with Gasteiger partial charge in [0, 0.05) is 0 Å². The Labute approximate surface area is 128 Å². The predicted octanol–water partition coefficient (Wildman–Crippen LogP) is 2.32. The van der Waals surface area contributed by atoms with Crippen LogP contribution in [-0.2, 0) is 9.53 Å². The molecule has 0 saturated heterocycles. The van der Waals surface area contributed by atoms with Crippen molar-refractivity contribution in [2.24, 2.45) is 0 Å². The lowest BCUT2D eigenvalue weighted by molar-refractivity contribution is -0.125. The average Bonchev–Trinajstić information content (AvgIpc) is 3.07. The Morgan fingerprint density at radius 3 is 2.68 bits per heavy atom. The first-order chi connectivity index (χ1) is 10.6. The maximum Gasteiger partial charge on any atom is 0.342 e. The number of methoxy groups -OCH3 is 1. The zero-order valence-corrected chi connectivity index (χ0v) is 12.4. The van der Waals surface area contributed by atoms with E-state index in [1.807, 2.05) is 0 Å². The molecule has 1 atom stereocenters. The molecule has 0 saturated carbocycles. The lowest BCUT2D eigenvalue weighted by atomic mass is 10.2. The molecule has 1 aromatic heterocycles. The van der Waals surface area contributed by atoms with Crippen LogP contribution in [0.25, 0.3) is 0 Å². The molecule has 6 nitrogen and oxygen atoms in total. The third kappa shape index (κ3) is 3.88. The molecule has 1 aromatic carbocycles. The van der Waals surface area contributed by atoms with Gasteiger partial charge in [-0.2, -0.15) is 0 Å². The third-order valence-corrected chi connectivity index (χ3v) is 3.01. The number of nitrogens with one attached hydrogen (secondary N) is 1. The second-order valence-electron chi connectivity index (χ2n) is 4.58. The fourth-order valence-corrected chi connectivity index (χ4v) is 1.91. The molecule has 22 heavy (non-hydrogen) atoms. The molecule has 6 heteroatoms. The second kappa shape index (κ2) is 7.31. The summed E-state index contributed by atoms with van der Waals surface area (Å²) in [5.74, 6) is 0.00617. The number of para-hydroxylation sites is 1. The summed E-state index contributed by atoms with van der Waals surface area (Å²) in [7, 11) is 1.46. The number of esters is 1. The van der Waals surface area contributed by atoms with Gasteiger partial charge in [-0.1, -0.05) is 12.1 Å². The van der Waals surface area contributed by atoms with Crippen LogP contribution in [0.3, 0.4) is 0 Å². The summed E-state index contributed by atoms with van der Waals surface area (Å²) < 4.78 is 15.2. The highest BCUT2D eigenvalue weighted by Crippen LogP contribution is 2.18. The van der Waals surface area contributed by atoms with Crippen molar-refractivity contribution < 1.29 is 23.5 Å². The zero-order chi connectivity index (χ0) is 15.9. The average molecular weight is 303 g/mol. The topological polar surface area (TPSA) is 77.8 Å². The number of benzene rings is 1. The molecule has 116 valence electrons. The number of furan rings is 1. The molecular formula is C16H17NO5. The molecule has 0 fully saturated rings. The van der Waals surface area contributed by atoms with E-state index in [-0.39, 0.29) is 18.2 Å². The van der Waals surface area contributed by atoms with Gasteiger partial charge in [-0.15, -0.1) is 0 Å². The Hall–Kier alpha value is -2.76. The first-order valence-electron chi connectivity index (χ1n) is 6.74. The summed E-state index contributed by atoms with van der Waals surface area (Å²) in [5.41, 5.74) is 0.275. The number of ether oxygens (including phenoxy) is 2. The highest BCUT2D eigenvalue weighted by molar-refractivity contribution is 5.94. The highest BCUT2D eigenvalue weighted by atomic mass is 16.5. The normalized spacial score (nSPS) is 11.5. The SMILES string of the molecule is COc1ccccc1C(=O)OCC(=O)N[C@H](C)c1ccco1. The van der Waals surface area contributed by atoms with Crippen LogP contribution in [0.4, 0.5) is 0 Å². The molecule has 0 aliphatic rings. The summed E-state index contributed by atoms with van der Waals surface area (Å²) in [6, 6.07) is 9.85. The lowest BCUT2D eigenvalue weighted by Crippen LogP contribution is -2.31. The van der Waals surface area contributed by atoms with E-state index >= 15 is 0 Å². The molecular weight excluding hydrogens is 286 g/mol. The van der Waals surface area contributed by atoms with Crippen LogP contribution >= 0.6 is 0 Å². The first kappa shape index (κ1) is 15.6. The maximum absolute atomic E-state index is 11.9. The monoisotopic (exact) mass is 303 g/mol. The minimum atomic E-state index is -0.613. The van der Waals surface area contributed by atoms with Gasteiger partial charge in [0.1, 0.15) is 17.1 Å². The van der Waals surface area contributed by atoms with Crippen molar-refractivity contribution in [1.82, 2.24) is 5.32 Å². The van der Waals surface area contributed by atoms with E-state index in [1.165, 1.54) is 13.4 Å².